The Morgan fingerprint density at radius 1 is 1.45 bits per heavy atom. The van der Waals surface area contributed by atoms with E-state index in [9.17, 15) is 9.59 Å². The zero-order valence-electron chi connectivity index (χ0n) is 6.00. The van der Waals surface area contributed by atoms with Gasteiger partial charge in [0.05, 0.1) is 0 Å². The minimum atomic E-state index is -0.897. The molecule has 0 aromatic carbocycles. The minimum Gasteiger partial charge on any atom is -0.349 e. The summed E-state index contributed by atoms with van der Waals surface area (Å²) in [6.07, 6.45) is 0.704. The first kappa shape index (κ1) is 9.70. The van der Waals surface area contributed by atoms with Crippen molar-refractivity contribution in [3.05, 3.63) is 0 Å². The molecule has 0 bridgehead atoms. The molecule has 0 aliphatic rings. The lowest BCUT2D eigenvalue weighted by Gasteiger charge is -2.00. The van der Waals surface area contributed by atoms with Gasteiger partial charge in [-0.2, -0.15) is 5.48 Å². The zero-order chi connectivity index (χ0) is 8.69. The van der Waals surface area contributed by atoms with E-state index >= 15 is 0 Å². The number of hydrogen-bond acceptors (Lipinski definition) is 4. The van der Waals surface area contributed by atoms with Crippen molar-refractivity contribution in [3.63, 3.8) is 0 Å². The van der Waals surface area contributed by atoms with Gasteiger partial charge in [-0.05, 0) is 13.0 Å². The summed E-state index contributed by atoms with van der Waals surface area (Å²) in [5.74, 6) is -0.547. The standard InChI is InChI=1S/C5H11N3O3/c6-3-1-2-4(9)11-8-5(7)10/h1-3,6H2,(H3,7,8,10). The largest absolute Gasteiger partial charge is 0.349 e. The van der Waals surface area contributed by atoms with Crippen LogP contribution in [-0.2, 0) is 9.63 Å². The van der Waals surface area contributed by atoms with E-state index in [-0.39, 0.29) is 6.42 Å². The molecule has 0 aromatic heterocycles. The average Bonchev–Trinajstić information content (AvgIpc) is 1.97. The number of carbonyl (C=O) groups excluding carboxylic acids is 2. The van der Waals surface area contributed by atoms with Gasteiger partial charge in [-0.1, -0.05) is 0 Å². The quantitative estimate of drug-likeness (QED) is 0.454. The van der Waals surface area contributed by atoms with E-state index in [0.717, 1.165) is 0 Å². The van der Waals surface area contributed by atoms with Crippen molar-refractivity contribution >= 4 is 12.0 Å². The molecule has 0 saturated heterocycles. The molecule has 0 fully saturated rings. The van der Waals surface area contributed by atoms with Crippen molar-refractivity contribution in [2.45, 2.75) is 12.8 Å². The zero-order valence-corrected chi connectivity index (χ0v) is 6.00. The number of primary amides is 1. The molecule has 0 radical (unpaired) electrons. The van der Waals surface area contributed by atoms with Crippen LogP contribution in [0.25, 0.3) is 0 Å². The summed E-state index contributed by atoms with van der Waals surface area (Å²) in [4.78, 5) is 24.7. The van der Waals surface area contributed by atoms with Gasteiger partial charge in [0, 0.05) is 6.42 Å². The van der Waals surface area contributed by atoms with E-state index in [1.165, 1.54) is 0 Å². The summed E-state index contributed by atoms with van der Waals surface area (Å²) in [5, 5.41) is 0. The van der Waals surface area contributed by atoms with Crippen LogP contribution in [0.5, 0.6) is 0 Å². The number of nitrogens with one attached hydrogen (secondary N) is 1. The van der Waals surface area contributed by atoms with Gasteiger partial charge >= 0.3 is 12.0 Å². The van der Waals surface area contributed by atoms with E-state index in [1.54, 1.807) is 5.48 Å². The normalized spacial score (nSPS) is 8.82. The first-order valence-electron chi connectivity index (χ1n) is 3.12. The molecular formula is C5H11N3O3. The second-order valence-electron chi connectivity index (χ2n) is 1.83. The Morgan fingerprint density at radius 2 is 2.09 bits per heavy atom. The van der Waals surface area contributed by atoms with Crippen LogP contribution >= 0.6 is 0 Å². The van der Waals surface area contributed by atoms with E-state index < -0.39 is 12.0 Å². The fourth-order valence-electron chi connectivity index (χ4n) is 0.405. The van der Waals surface area contributed by atoms with Crippen LogP contribution < -0.4 is 16.9 Å². The summed E-state index contributed by atoms with van der Waals surface area (Å²) < 4.78 is 0. The molecule has 6 nitrogen and oxygen atoms in total. The van der Waals surface area contributed by atoms with Crippen molar-refractivity contribution in [2.24, 2.45) is 11.5 Å². The molecule has 0 aliphatic heterocycles. The number of hydroxylamine groups is 1. The molecule has 0 aromatic rings. The maximum absolute atomic E-state index is 10.6. The van der Waals surface area contributed by atoms with Crippen molar-refractivity contribution in [3.8, 4) is 0 Å². The number of hydrogen-bond donors (Lipinski definition) is 3. The molecule has 0 rings (SSSR count). The molecule has 0 saturated carbocycles. The predicted molar refractivity (Wildman–Crippen MR) is 37.1 cm³/mol. The third-order valence-electron chi connectivity index (χ3n) is 0.850. The van der Waals surface area contributed by atoms with E-state index in [0.29, 0.717) is 13.0 Å². The Hall–Kier alpha value is -1.30. The number of amides is 2. The van der Waals surface area contributed by atoms with Crippen LogP contribution in [-0.4, -0.2) is 18.5 Å². The molecule has 11 heavy (non-hydrogen) atoms. The molecule has 0 aliphatic carbocycles. The number of rotatable bonds is 3. The molecule has 0 spiro atoms. The summed E-state index contributed by atoms with van der Waals surface area (Å²) in [5.41, 5.74) is 11.4. The molecule has 6 heteroatoms. The third-order valence-corrected chi connectivity index (χ3v) is 0.850. The number of nitrogens with two attached hydrogens (primary N) is 2. The van der Waals surface area contributed by atoms with Crippen molar-refractivity contribution in [2.75, 3.05) is 6.54 Å². The van der Waals surface area contributed by atoms with Gasteiger partial charge in [0.2, 0.25) is 0 Å². The van der Waals surface area contributed by atoms with Gasteiger partial charge in [0.1, 0.15) is 0 Å². The van der Waals surface area contributed by atoms with Crippen molar-refractivity contribution in [1.82, 2.24) is 5.48 Å². The summed E-state index contributed by atoms with van der Waals surface area (Å²) in [7, 11) is 0. The van der Waals surface area contributed by atoms with Gasteiger partial charge in [-0.3, -0.25) is 0 Å². The lowest BCUT2D eigenvalue weighted by molar-refractivity contribution is -0.148. The summed E-state index contributed by atoms with van der Waals surface area (Å²) >= 11 is 0. The third kappa shape index (κ3) is 6.59. The van der Waals surface area contributed by atoms with Crippen LogP contribution in [0.15, 0.2) is 0 Å². The highest BCUT2D eigenvalue weighted by Gasteiger charge is 2.02. The average molecular weight is 161 g/mol. The second-order valence-corrected chi connectivity index (χ2v) is 1.83. The van der Waals surface area contributed by atoms with Crippen LogP contribution in [0.1, 0.15) is 12.8 Å². The fraction of sp³-hybridized carbons (Fsp3) is 0.600. The van der Waals surface area contributed by atoms with Gasteiger partial charge < -0.3 is 16.3 Å². The van der Waals surface area contributed by atoms with Crippen LogP contribution in [0.2, 0.25) is 0 Å². The molecule has 64 valence electrons. The first-order chi connectivity index (χ1) is 5.16. The smallest absolute Gasteiger partial charge is 0.345 e. The van der Waals surface area contributed by atoms with Crippen LogP contribution in [0, 0.1) is 0 Å². The monoisotopic (exact) mass is 161 g/mol. The molecule has 0 unspecified atom stereocenters. The predicted octanol–water partition coefficient (Wildman–Crippen LogP) is -1.15. The fourth-order valence-corrected chi connectivity index (χ4v) is 0.405. The molecule has 2 amide bonds. The SMILES string of the molecule is NCCCC(=O)ONC(N)=O. The highest BCUT2D eigenvalue weighted by atomic mass is 16.7. The van der Waals surface area contributed by atoms with Gasteiger partial charge in [0.15, 0.2) is 0 Å². The summed E-state index contributed by atoms with van der Waals surface area (Å²) in [6.45, 7) is 0.408. The van der Waals surface area contributed by atoms with E-state index in [2.05, 4.69) is 10.6 Å². The Labute approximate surface area is 63.8 Å². The van der Waals surface area contributed by atoms with Gasteiger partial charge in [0.25, 0.3) is 0 Å². The Balaban J connectivity index is 3.30. The molecule has 5 N–H and O–H groups in total. The molecular weight excluding hydrogens is 150 g/mol. The lowest BCUT2D eigenvalue weighted by atomic mass is 10.3. The van der Waals surface area contributed by atoms with Crippen molar-refractivity contribution < 1.29 is 14.4 Å². The second kappa shape index (κ2) is 5.48. The molecule has 0 heterocycles. The van der Waals surface area contributed by atoms with E-state index in [4.69, 9.17) is 5.73 Å². The topological polar surface area (TPSA) is 107 Å². The minimum absolute atomic E-state index is 0.177. The lowest BCUT2D eigenvalue weighted by Crippen LogP contribution is -2.31. The maximum Gasteiger partial charge on any atom is 0.345 e. The highest BCUT2D eigenvalue weighted by Crippen LogP contribution is 1.87. The van der Waals surface area contributed by atoms with Gasteiger partial charge in [-0.25, -0.2) is 9.59 Å². The highest BCUT2D eigenvalue weighted by molar-refractivity contribution is 5.75. The number of carbonyl (C=O) groups is 2. The Morgan fingerprint density at radius 3 is 2.55 bits per heavy atom. The Kier molecular flexibility index (Phi) is 4.83. The van der Waals surface area contributed by atoms with Crippen LogP contribution in [0.4, 0.5) is 4.79 Å². The van der Waals surface area contributed by atoms with Crippen molar-refractivity contribution in [1.29, 1.82) is 0 Å². The first-order valence-corrected chi connectivity index (χ1v) is 3.12. The van der Waals surface area contributed by atoms with E-state index in [1.807, 2.05) is 0 Å². The van der Waals surface area contributed by atoms with Gasteiger partial charge in [-0.15, -0.1) is 0 Å². The van der Waals surface area contributed by atoms with Crippen LogP contribution in [0.3, 0.4) is 0 Å². The summed E-state index contributed by atoms with van der Waals surface area (Å²) in [6, 6.07) is -0.897. The Bertz CT molecular complexity index is 148. The number of urea groups is 1. The maximum atomic E-state index is 10.6. The molecule has 0 atom stereocenters.